The van der Waals surface area contributed by atoms with E-state index in [9.17, 15) is 5.11 Å². The van der Waals surface area contributed by atoms with Crippen LogP contribution in [0.1, 0.15) is 25.8 Å². The Labute approximate surface area is 126 Å². The summed E-state index contributed by atoms with van der Waals surface area (Å²) >= 11 is 0. The Morgan fingerprint density at radius 2 is 1.81 bits per heavy atom. The molecule has 3 heteroatoms. The van der Waals surface area contributed by atoms with Crippen molar-refractivity contribution in [2.75, 3.05) is 19.8 Å². The van der Waals surface area contributed by atoms with Crippen molar-refractivity contribution in [3.63, 3.8) is 0 Å². The first-order chi connectivity index (χ1) is 10.2. The van der Waals surface area contributed by atoms with Crippen molar-refractivity contribution < 1.29 is 14.6 Å². The second-order valence-corrected chi connectivity index (χ2v) is 5.56. The second kappa shape index (κ2) is 8.01. The predicted octanol–water partition coefficient (Wildman–Crippen LogP) is 3.77. The van der Waals surface area contributed by atoms with E-state index in [1.54, 1.807) is 0 Å². The van der Waals surface area contributed by atoms with Gasteiger partial charge >= 0.3 is 0 Å². The molecule has 114 valence electrons. The summed E-state index contributed by atoms with van der Waals surface area (Å²) in [4.78, 5) is 0. The van der Waals surface area contributed by atoms with Crippen LogP contribution in [0.5, 0.6) is 5.75 Å². The molecule has 2 aromatic rings. The summed E-state index contributed by atoms with van der Waals surface area (Å²) in [5.41, 5.74) is 0.843. The minimum Gasteiger partial charge on any atom is -0.491 e. The molecule has 0 unspecified atom stereocenters. The molecule has 0 aliphatic carbocycles. The van der Waals surface area contributed by atoms with Crippen LogP contribution in [0.3, 0.4) is 0 Å². The van der Waals surface area contributed by atoms with E-state index in [1.165, 1.54) is 0 Å². The van der Waals surface area contributed by atoms with Gasteiger partial charge in [0.15, 0.2) is 0 Å². The molecule has 0 radical (unpaired) electrons. The van der Waals surface area contributed by atoms with Gasteiger partial charge < -0.3 is 14.6 Å². The molecule has 0 saturated heterocycles. The maximum absolute atomic E-state index is 9.61. The van der Waals surface area contributed by atoms with Crippen LogP contribution in [0.4, 0.5) is 0 Å². The van der Waals surface area contributed by atoms with Crippen molar-refractivity contribution in [2.24, 2.45) is 5.92 Å². The Morgan fingerprint density at radius 3 is 2.57 bits per heavy atom. The fourth-order valence-corrected chi connectivity index (χ4v) is 2.25. The number of fused-ring (bicyclic) bond motifs is 1. The Hall–Kier alpha value is -1.58. The van der Waals surface area contributed by atoms with E-state index in [0.29, 0.717) is 19.1 Å². The van der Waals surface area contributed by atoms with Gasteiger partial charge in [-0.15, -0.1) is 0 Å². The van der Waals surface area contributed by atoms with E-state index in [-0.39, 0.29) is 6.61 Å². The highest BCUT2D eigenvalue weighted by Gasteiger charge is 2.07. The molecule has 0 aromatic heterocycles. The van der Waals surface area contributed by atoms with Gasteiger partial charge in [0.2, 0.25) is 0 Å². The molecule has 0 aliphatic heterocycles. The SMILES string of the molecule is CC(C)CCOCCOc1ccc2ccccc2c1CO. The van der Waals surface area contributed by atoms with Crippen molar-refractivity contribution in [3.8, 4) is 5.75 Å². The van der Waals surface area contributed by atoms with E-state index in [0.717, 1.165) is 35.1 Å². The van der Waals surface area contributed by atoms with Gasteiger partial charge in [0.25, 0.3) is 0 Å². The third-order valence-corrected chi connectivity index (χ3v) is 3.48. The smallest absolute Gasteiger partial charge is 0.125 e. The lowest BCUT2D eigenvalue weighted by atomic mass is 10.0. The first kappa shape index (κ1) is 15.8. The van der Waals surface area contributed by atoms with Gasteiger partial charge in [-0.3, -0.25) is 0 Å². The molecule has 0 heterocycles. The van der Waals surface area contributed by atoms with E-state index < -0.39 is 0 Å². The van der Waals surface area contributed by atoms with Gasteiger partial charge in [-0.2, -0.15) is 0 Å². The summed E-state index contributed by atoms with van der Waals surface area (Å²) in [7, 11) is 0. The average Bonchev–Trinajstić information content (AvgIpc) is 2.50. The zero-order valence-electron chi connectivity index (χ0n) is 12.8. The summed E-state index contributed by atoms with van der Waals surface area (Å²) in [5, 5.41) is 11.8. The zero-order valence-corrected chi connectivity index (χ0v) is 12.8. The number of benzene rings is 2. The first-order valence-electron chi connectivity index (χ1n) is 7.54. The third kappa shape index (κ3) is 4.45. The van der Waals surface area contributed by atoms with Crippen LogP contribution in [0.25, 0.3) is 10.8 Å². The minimum atomic E-state index is -0.0229. The van der Waals surface area contributed by atoms with Gasteiger partial charge in [-0.05, 0) is 29.2 Å². The van der Waals surface area contributed by atoms with Gasteiger partial charge in [0, 0.05) is 12.2 Å². The normalized spacial score (nSPS) is 11.2. The molecule has 0 bridgehead atoms. The number of aliphatic hydroxyl groups excluding tert-OH is 1. The van der Waals surface area contributed by atoms with Gasteiger partial charge in [0.05, 0.1) is 13.2 Å². The lowest BCUT2D eigenvalue weighted by molar-refractivity contribution is 0.0918. The van der Waals surface area contributed by atoms with Crippen molar-refractivity contribution >= 4 is 10.8 Å². The first-order valence-corrected chi connectivity index (χ1v) is 7.54. The molecule has 1 N–H and O–H groups in total. The second-order valence-electron chi connectivity index (χ2n) is 5.56. The molecule has 2 aromatic carbocycles. The van der Waals surface area contributed by atoms with Crippen molar-refractivity contribution in [1.29, 1.82) is 0 Å². The Morgan fingerprint density at radius 1 is 1.00 bits per heavy atom. The van der Waals surface area contributed by atoms with Crippen LogP contribution < -0.4 is 4.74 Å². The summed E-state index contributed by atoms with van der Waals surface area (Å²) in [6.45, 7) is 6.19. The van der Waals surface area contributed by atoms with Crippen LogP contribution >= 0.6 is 0 Å². The Balaban J connectivity index is 1.93. The van der Waals surface area contributed by atoms with E-state index in [1.807, 2.05) is 36.4 Å². The lowest BCUT2D eigenvalue weighted by Crippen LogP contribution is -2.09. The predicted molar refractivity (Wildman–Crippen MR) is 85.6 cm³/mol. The van der Waals surface area contributed by atoms with E-state index in [2.05, 4.69) is 13.8 Å². The Bertz CT molecular complexity index is 563. The monoisotopic (exact) mass is 288 g/mol. The number of hydrogen-bond acceptors (Lipinski definition) is 3. The van der Waals surface area contributed by atoms with Crippen molar-refractivity contribution in [2.45, 2.75) is 26.9 Å². The highest BCUT2D eigenvalue weighted by atomic mass is 16.5. The number of aliphatic hydroxyl groups is 1. The minimum absolute atomic E-state index is 0.0229. The molecule has 0 aliphatic rings. The average molecular weight is 288 g/mol. The lowest BCUT2D eigenvalue weighted by Gasteiger charge is -2.13. The molecule has 0 atom stereocenters. The summed E-state index contributed by atoms with van der Waals surface area (Å²) in [6.07, 6.45) is 1.07. The van der Waals surface area contributed by atoms with E-state index >= 15 is 0 Å². The van der Waals surface area contributed by atoms with Crippen molar-refractivity contribution in [3.05, 3.63) is 42.0 Å². The summed E-state index contributed by atoms with van der Waals surface area (Å²) in [6, 6.07) is 11.9. The van der Waals surface area contributed by atoms with Crippen LogP contribution in [-0.4, -0.2) is 24.9 Å². The molecular formula is C18H24O3. The van der Waals surface area contributed by atoms with Gasteiger partial charge in [-0.25, -0.2) is 0 Å². The fourth-order valence-electron chi connectivity index (χ4n) is 2.25. The van der Waals surface area contributed by atoms with Gasteiger partial charge in [-0.1, -0.05) is 44.2 Å². The van der Waals surface area contributed by atoms with E-state index in [4.69, 9.17) is 9.47 Å². The number of ether oxygens (including phenoxy) is 2. The molecule has 0 fully saturated rings. The Kier molecular flexibility index (Phi) is 6.03. The summed E-state index contributed by atoms with van der Waals surface area (Å²) < 4.78 is 11.3. The highest BCUT2D eigenvalue weighted by molar-refractivity contribution is 5.87. The van der Waals surface area contributed by atoms with Gasteiger partial charge in [0.1, 0.15) is 12.4 Å². The third-order valence-electron chi connectivity index (χ3n) is 3.48. The maximum Gasteiger partial charge on any atom is 0.125 e. The molecule has 3 nitrogen and oxygen atoms in total. The highest BCUT2D eigenvalue weighted by Crippen LogP contribution is 2.28. The molecule has 0 spiro atoms. The molecular weight excluding hydrogens is 264 g/mol. The standard InChI is InChI=1S/C18H24O3/c1-14(2)9-10-20-11-12-21-18-8-7-15-5-3-4-6-16(15)17(18)13-19/h3-8,14,19H,9-13H2,1-2H3. The molecule has 21 heavy (non-hydrogen) atoms. The van der Waals surface area contributed by atoms with Crippen LogP contribution in [-0.2, 0) is 11.3 Å². The zero-order chi connectivity index (χ0) is 15.1. The van der Waals surface area contributed by atoms with Crippen LogP contribution in [0, 0.1) is 5.92 Å². The molecule has 0 amide bonds. The molecule has 2 rings (SSSR count). The van der Waals surface area contributed by atoms with Crippen LogP contribution in [0.2, 0.25) is 0 Å². The molecule has 0 saturated carbocycles. The van der Waals surface area contributed by atoms with Crippen LogP contribution in [0.15, 0.2) is 36.4 Å². The van der Waals surface area contributed by atoms with Crippen molar-refractivity contribution in [1.82, 2.24) is 0 Å². The largest absolute Gasteiger partial charge is 0.491 e. The topological polar surface area (TPSA) is 38.7 Å². The quantitative estimate of drug-likeness (QED) is 0.751. The fraction of sp³-hybridized carbons (Fsp3) is 0.444. The number of hydrogen-bond donors (Lipinski definition) is 1. The number of rotatable bonds is 8. The maximum atomic E-state index is 9.61. The summed E-state index contributed by atoms with van der Waals surface area (Å²) in [5.74, 6) is 1.40.